The zero-order valence-corrected chi connectivity index (χ0v) is 11.1. The molecule has 0 saturated carbocycles. The van der Waals surface area contributed by atoms with Crippen LogP contribution < -0.4 is 0 Å². The Morgan fingerprint density at radius 2 is 1.86 bits per heavy atom. The topological polar surface area (TPSA) is 65.2 Å². The van der Waals surface area contributed by atoms with E-state index >= 15 is 0 Å². The molecule has 0 unspecified atom stereocenters. The van der Waals surface area contributed by atoms with Crippen molar-refractivity contribution >= 4 is 5.97 Å². The van der Waals surface area contributed by atoms with Crippen LogP contribution in [0, 0.1) is 0 Å². The molecule has 21 heavy (non-hydrogen) atoms. The lowest BCUT2D eigenvalue weighted by Gasteiger charge is -2.01. The summed E-state index contributed by atoms with van der Waals surface area (Å²) in [6, 6.07) is 14.6. The van der Waals surface area contributed by atoms with E-state index in [9.17, 15) is 4.79 Å². The predicted molar refractivity (Wildman–Crippen MR) is 75.3 cm³/mol. The normalized spacial score (nSPS) is 10.3. The summed E-state index contributed by atoms with van der Waals surface area (Å²) in [6.45, 7) is -0.0256. The van der Waals surface area contributed by atoms with E-state index in [1.54, 1.807) is 24.4 Å². The van der Waals surface area contributed by atoms with Gasteiger partial charge in [0.1, 0.15) is 5.69 Å². The minimum Gasteiger partial charge on any atom is -0.451 e. The van der Waals surface area contributed by atoms with E-state index in [1.165, 1.54) is 6.20 Å². The maximum Gasteiger partial charge on any atom is 0.357 e. The average molecular weight is 280 g/mol. The largest absolute Gasteiger partial charge is 0.451 e. The van der Waals surface area contributed by atoms with Crippen molar-refractivity contribution in [2.24, 2.45) is 0 Å². The molecule has 2 aromatic heterocycles. The summed E-state index contributed by atoms with van der Waals surface area (Å²) in [6.07, 6.45) is 3.15. The summed E-state index contributed by atoms with van der Waals surface area (Å²) in [5.74, 6) is 0.479. The van der Waals surface area contributed by atoms with Gasteiger partial charge in [0.15, 0.2) is 12.4 Å². The van der Waals surface area contributed by atoms with Crippen LogP contribution in [0.25, 0.3) is 11.3 Å². The monoisotopic (exact) mass is 280 g/mol. The first-order valence-corrected chi connectivity index (χ1v) is 6.41. The van der Waals surface area contributed by atoms with Crippen molar-refractivity contribution < 1.29 is 13.9 Å². The molecule has 5 heteroatoms. The third-order valence-electron chi connectivity index (χ3n) is 2.81. The Morgan fingerprint density at radius 3 is 2.62 bits per heavy atom. The predicted octanol–water partition coefficient (Wildman–Crippen LogP) is 3.09. The molecule has 104 valence electrons. The Labute approximate surface area is 121 Å². The number of carbonyl (C=O) groups excluding carboxylic acids is 1. The summed E-state index contributed by atoms with van der Waals surface area (Å²) in [5.41, 5.74) is 1.18. The van der Waals surface area contributed by atoms with Crippen LogP contribution >= 0.6 is 0 Å². The molecule has 0 spiro atoms. The Hall–Kier alpha value is -2.95. The molecule has 0 saturated heterocycles. The van der Waals surface area contributed by atoms with Gasteiger partial charge in [-0.15, -0.1) is 0 Å². The number of rotatable bonds is 4. The molecule has 5 nitrogen and oxygen atoms in total. The van der Waals surface area contributed by atoms with Crippen LogP contribution in [0.5, 0.6) is 0 Å². The van der Waals surface area contributed by atoms with Gasteiger partial charge in [-0.2, -0.15) is 0 Å². The lowest BCUT2D eigenvalue weighted by atomic mass is 10.2. The molecule has 0 radical (unpaired) electrons. The molecule has 3 rings (SSSR count). The summed E-state index contributed by atoms with van der Waals surface area (Å²) < 4.78 is 10.7. The quantitative estimate of drug-likeness (QED) is 0.687. The first-order chi connectivity index (χ1) is 10.3. The van der Waals surface area contributed by atoms with E-state index in [-0.39, 0.29) is 12.3 Å². The smallest absolute Gasteiger partial charge is 0.357 e. The van der Waals surface area contributed by atoms with Gasteiger partial charge >= 0.3 is 5.97 Å². The van der Waals surface area contributed by atoms with Crippen molar-refractivity contribution in [3.8, 4) is 11.3 Å². The van der Waals surface area contributed by atoms with Gasteiger partial charge in [0.05, 0.1) is 6.20 Å². The molecular formula is C16H12N2O3. The maximum absolute atomic E-state index is 11.7. The summed E-state index contributed by atoms with van der Waals surface area (Å²) >= 11 is 0. The second kappa shape index (κ2) is 6.00. The number of hydrogen-bond acceptors (Lipinski definition) is 5. The highest BCUT2D eigenvalue weighted by Crippen LogP contribution is 2.20. The molecule has 0 aliphatic heterocycles. The van der Waals surface area contributed by atoms with Crippen LogP contribution in [0.3, 0.4) is 0 Å². The van der Waals surface area contributed by atoms with E-state index in [1.807, 2.05) is 30.3 Å². The van der Waals surface area contributed by atoms with E-state index < -0.39 is 5.97 Å². The Balaban J connectivity index is 1.64. The number of aromatic nitrogens is 2. The number of benzene rings is 1. The van der Waals surface area contributed by atoms with Crippen LogP contribution in [-0.2, 0) is 11.3 Å². The molecule has 0 N–H and O–H groups in total. The van der Waals surface area contributed by atoms with Gasteiger partial charge in [-0.25, -0.2) is 14.8 Å². The molecule has 0 atom stereocenters. The molecule has 0 aliphatic rings. The lowest BCUT2D eigenvalue weighted by molar-refractivity contribution is 0.0432. The highest BCUT2D eigenvalue weighted by Gasteiger charge is 2.11. The fourth-order valence-corrected chi connectivity index (χ4v) is 1.80. The van der Waals surface area contributed by atoms with Gasteiger partial charge in [0, 0.05) is 11.8 Å². The summed E-state index contributed by atoms with van der Waals surface area (Å²) in [4.78, 5) is 19.8. The second-order valence-corrected chi connectivity index (χ2v) is 4.28. The van der Waals surface area contributed by atoms with E-state index in [0.717, 1.165) is 5.56 Å². The highest BCUT2D eigenvalue weighted by atomic mass is 16.5. The maximum atomic E-state index is 11.7. The summed E-state index contributed by atoms with van der Waals surface area (Å²) in [7, 11) is 0. The fraction of sp³-hybridized carbons (Fsp3) is 0.0625. The first kappa shape index (κ1) is 13.1. The van der Waals surface area contributed by atoms with Crippen LogP contribution in [0.15, 0.2) is 65.3 Å². The van der Waals surface area contributed by atoms with Crippen molar-refractivity contribution in [2.45, 2.75) is 6.61 Å². The number of nitrogens with zero attached hydrogens (tertiary/aromatic N) is 2. The summed E-state index contributed by atoms with van der Waals surface area (Å²) in [5, 5.41) is 0. The van der Waals surface area contributed by atoms with Crippen molar-refractivity contribution in [1.29, 1.82) is 0 Å². The van der Waals surface area contributed by atoms with Gasteiger partial charge in [0.25, 0.3) is 0 Å². The van der Waals surface area contributed by atoms with E-state index in [2.05, 4.69) is 9.97 Å². The van der Waals surface area contributed by atoms with E-state index in [0.29, 0.717) is 11.7 Å². The zero-order valence-electron chi connectivity index (χ0n) is 11.1. The molecule has 0 fully saturated rings. The average Bonchev–Trinajstić information content (AvgIpc) is 3.03. The number of pyridine rings is 1. The van der Waals surface area contributed by atoms with Gasteiger partial charge in [0.2, 0.25) is 5.89 Å². The van der Waals surface area contributed by atoms with Gasteiger partial charge < -0.3 is 9.15 Å². The van der Waals surface area contributed by atoms with Gasteiger partial charge in [-0.05, 0) is 12.1 Å². The number of oxazole rings is 1. The first-order valence-electron chi connectivity index (χ1n) is 6.41. The molecule has 0 amide bonds. The minimum atomic E-state index is -0.505. The lowest BCUT2D eigenvalue weighted by Crippen LogP contribution is -2.06. The van der Waals surface area contributed by atoms with Crippen LogP contribution in [0.1, 0.15) is 16.4 Å². The van der Waals surface area contributed by atoms with Crippen LogP contribution in [0.4, 0.5) is 0 Å². The van der Waals surface area contributed by atoms with E-state index in [4.69, 9.17) is 9.15 Å². The zero-order chi connectivity index (χ0) is 14.5. The van der Waals surface area contributed by atoms with Crippen molar-refractivity contribution in [1.82, 2.24) is 9.97 Å². The highest BCUT2D eigenvalue weighted by molar-refractivity contribution is 5.86. The molecule has 2 heterocycles. The second-order valence-electron chi connectivity index (χ2n) is 4.28. The van der Waals surface area contributed by atoms with Crippen LogP contribution in [0.2, 0.25) is 0 Å². The Bertz CT molecular complexity index is 724. The van der Waals surface area contributed by atoms with Gasteiger partial charge in [-0.3, -0.25) is 0 Å². The van der Waals surface area contributed by atoms with Crippen molar-refractivity contribution in [3.05, 3.63) is 72.5 Å². The number of carbonyl (C=O) groups is 1. The van der Waals surface area contributed by atoms with Gasteiger partial charge in [-0.1, -0.05) is 36.4 Å². The number of hydrogen-bond donors (Lipinski definition) is 0. The van der Waals surface area contributed by atoms with Crippen molar-refractivity contribution in [3.63, 3.8) is 0 Å². The molecule has 1 aromatic carbocycles. The SMILES string of the molecule is O=C(OCc1ncc(-c2ccccc2)o1)c1ccccn1. The molecule has 0 bridgehead atoms. The minimum absolute atomic E-state index is 0.0256. The van der Waals surface area contributed by atoms with Crippen molar-refractivity contribution in [2.75, 3.05) is 0 Å². The number of esters is 1. The molecule has 3 aromatic rings. The molecule has 0 aliphatic carbocycles. The standard InChI is InChI=1S/C16H12N2O3/c19-16(13-8-4-5-9-17-13)20-11-15-18-10-14(21-15)12-6-2-1-3-7-12/h1-10H,11H2. The third-order valence-corrected chi connectivity index (χ3v) is 2.81. The Morgan fingerprint density at radius 1 is 1.05 bits per heavy atom. The van der Waals surface area contributed by atoms with Crippen LogP contribution in [-0.4, -0.2) is 15.9 Å². The number of ether oxygens (including phenoxy) is 1. The fourth-order valence-electron chi connectivity index (χ4n) is 1.80. The third kappa shape index (κ3) is 3.14. The Kier molecular flexibility index (Phi) is 3.73. The molecular weight excluding hydrogens is 268 g/mol.